The van der Waals surface area contributed by atoms with Crippen LogP contribution in [0.25, 0.3) is 10.4 Å². The van der Waals surface area contributed by atoms with Gasteiger partial charge >= 0.3 is 6.18 Å². The number of nitrogens with one attached hydrogen (secondary N) is 3. The molecule has 392 valence electrons. The van der Waals surface area contributed by atoms with Gasteiger partial charge in [-0.2, -0.15) is 18.4 Å². The maximum Gasteiger partial charge on any atom is 0.417 e. The van der Waals surface area contributed by atoms with Gasteiger partial charge in [-0.1, -0.05) is 84.9 Å². The smallest absolute Gasteiger partial charge is 0.417 e. The Morgan fingerprint density at radius 2 is 1.58 bits per heavy atom. The Kier molecular flexibility index (Phi) is 16.5. The van der Waals surface area contributed by atoms with Gasteiger partial charge < -0.3 is 35.6 Å². The quantitative estimate of drug-likeness (QED) is 0.0876. The fourth-order valence-corrected chi connectivity index (χ4v) is 11.8. The van der Waals surface area contributed by atoms with E-state index in [4.69, 9.17) is 4.74 Å². The molecule has 4 atom stereocenters. The SMILES string of the molecule is Cc1ncsc1-c1ccc(C(C)NC(=O)[C@@H]2C[C@@H](O)CN2C(=O)[C@@H](NC(=O)CN2CCN(CCCc3ccc(C(=O)NC4C(C)(C)C(Oc5ccc(C#N)c(C(F)(F)F)c5)C4(C)C)cc3)CC2)C(C)(C)C)cc1. The van der Waals surface area contributed by atoms with Gasteiger partial charge in [-0.15, -0.1) is 11.3 Å². The second kappa shape index (κ2) is 21.9. The molecule has 4 aromatic rings. The average Bonchev–Trinajstić information content (AvgIpc) is 3.96. The molecule has 3 fully saturated rings. The van der Waals surface area contributed by atoms with Crippen LogP contribution in [0, 0.1) is 34.5 Å². The van der Waals surface area contributed by atoms with Crippen molar-refractivity contribution in [2.45, 2.75) is 124 Å². The average molecular weight is 1030 g/mol. The van der Waals surface area contributed by atoms with Crippen molar-refractivity contribution in [3.63, 3.8) is 0 Å². The van der Waals surface area contributed by atoms with Gasteiger partial charge in [0.05, 0.1) is 52.0 Å². The van der Waals surface area contributed by atoms with Crippen LogP contribution in [0.2, 0.25) is 0 Å². The lowest BCUT2D eigenvalue weighted by Crippen LogP contribution is -2.74. The van der Waals surface area contributed by atoms with E-state index in [0.29, 0.717) is 18.7 Å². The van der Waals surface area contributed by atoms with E-state index >= 15 is 0 Å². The topological polar surface area (TPSA) is 180 Å². The number of alkyl halides is 3. The number of β-amino-alcohol motifs (C(OH)–C–C–N with tert-alkyl or cyclic N) is 1. The van der Waals surface area contributed by atoms with Crippen molar-refractivity contribution in [3.05, 3.63) is 106 Å². The molecule has 1 aliphatic carbocycles. The Morgan fingerprint density at radius 3 is 2.16 bits per heavy atom. The fraction of sp³-hybridized carbons (Fsp3) is 0.527. The first kappa shape index (κ1) is 54.9. The number of aliphatic hydroxyl groups is 1. The molecule has 18 heteroatoms. The highest BCUT2D eigenvalue weighted by molar-refractivity contribution is 7.13. The minimum atomic E-state index is -4.71. The van der Waals surface area contributed by atoms with Crippen LogP contribution in [0.3, 0.4) is 0 Å². The summed E-state index contributed by atoms with van der Waals surface area (Å²) in [6, 6.07) is 17.8. The van der Waals surface area contributed by atoms with Gasteiger partial charge in [0, 0.05) is 61.6 Å². The molecule has 0 bridgehead atoms. The van der Waals surface area contributed by atoms with Crippen molar-refractivity contribution in [2.24, 2.45) is 16.2 Å². The number of amides is 4. The normalized spacial score (nSPS) is 21.8. The van der Waals surface area contributed by atoms with Gasteiger partial charge in [-0.25, -0.2) is 4.98 Å². The van der Waals surface area contributed by atoms with E-state index in [1.165, 1.54) is 11.0 Å². The van der Waals surface area contributed by atoms with Crippen LogP contribution >= 0.6 is 11.3 Å². The Morgan fingerprint density at radius 1 is 0.932 bits per heavy atom. The van der Waals surface area contributed by atoms with E-state index in [0.717, 1.165) is 71.9 Å². The molecule has 3 aromatic carbocycles. The molecular formula is C55H69F3N8O6S. The molecule has 1 aromatic heterocycles. The number of nitriles is 1. The molecule has 3 aliphatic rings. The minimum Gasteiger partial charge on any atom is -0.489 e. The predicted octanol–water partition coefficient (Wildman–Crippen LogP) is 7.54. The van der Waals surface area contributed by atoms with Crippen molar-refractivity contribution in [1.82, 2.24) is 35.6 Å². The molecule has 2 aliphatic heterocycles. The van der Waals surface area contributed by atoms with Crippen LogP contribution in [-0.2, 0) is 27.0 Å². The number of halogens is 3. The van der Waals surface area contributed by atoms with Gasteiger partial charge in [0.25, 0.3) is 5.91 Å². The lowest BCUT2D eigenvalue weighted by atomic mass is 9.49. The third-order valence-electron chi connectivity index (χ3n) is 14.8. The zero-order valence-electron chi connectivity index (χ0n) is 43.2. The van der Waals surface area contributed by atoms with Crippen LogP contribution < -0.4 is 20.7 Å². The molecular weight excluding hydrogens is 958 g/mol. The minimum absolute atomic E-state index is 0.00798. The molecule has 4 amide bonds. The summed E-state index contributed by atoms with van der Waals surface area (Å²) in [6.45, 7) is 21.0. The molecule has 0 radical (unpaired) electrons. The summed E-state index contributed by atoms with van der Waals surface area (Å²) in [5.74, 6) is -1.30. The molecule has 3 heterocycles. The first-order chi connectivity index (χ1) is 34.3. The summed E-state index contributed by atoms with van der Waals surface area (Å²) in [7, 11) is 0. The van der Waals surface area contributed by atoms with E-state index in [2.05, 4.69) is 30.7 Å². The van der Waals surface area contributed by atoms with Gasteiger partial charge in [-0.05, 0) is 85.7 Å². The van der Waals surface area contributed by atoms with Crippen LogP contribution in [0.1, 0.15) is 113 Å². The zero-order valence-corrected chi connectivity index (χ0v) is 44.0. The molecule has 2 saturated heterocycles. The van der Waals surface area contributed by atoms with Crippen LogP contribution in [0.15, 0.2) is 72.2 Å². The summed E-state index contributed by atoms with van der Waals surface area (Å²) in [5, 5.41) is 29.1. The summed E-state index contributed by atoms with van der Waals surface area (Å²) in [6.07, 6.45) is -4.32. The van der Waals surface area contributed by atoms with Gasteiger partial charge in [0.2, 0.25) is 17.7 Å². The molecule has 14 nitrogen and oxygen atoms in total. The Bertz CT molecular complexity index is 2650. The van der Waals surface area contributed by atoms with E-state index in [1.54, 1.807) is 29.5 Å². The van der Waals surface area contributed by atoms with Crippen LogP contribution in [-0.4, -0.2) is 125 Å². The number of thiazole rings is 1. The van der Waals surface area contributed by atoms with Crippen LogP contribution in [0.5, 0.6) is 5.75 Å². The fourth-order valence-electron chi connectivity index (χ4n) is 11.0. The third-order valence-corrected chi connectivity index (χ3v) is 15.8. The van der Waals surface area contributed by atoms with Crippen LogP contribution in [0.4, 0.5) is 13.2 Å². The van der Waals surface area contributed by atoms with Gasteiger partial charge in [0.1, 0.15) is 23.9 Å². The van der Waals surface area contributed by atoms with Crippen molar-refractivity contribution in [1.29, 1.82) is 5.26 Å². The number of aryl methyl sites for hydroxylation is 2. The van der Waals surface area contributed by atoms with Gasteiger partial charge in [0.15, 0.2) is 0 Å². The number of nitrogens with zero attached hydrogens (tertiary/aromatic N) is 5. The maximum atomic E-state index is 14.2. The monoisotopic (exact) mass is 1030 g/mol. The van der Waals surface area contributed by atoms with Crippen molar-refractivity contribution < 1.29 is 42.2 Å². The molecule has 73 heavy (non-hydrogen) atoms. The Balaban J connectivity index is 0.837. The standard InChI is InChI=1S/C55H69F3N8O6S/c1-33(36-16-18-37(19-17-36)45-34(2)60-32-73-45)61-48(70)43-27-40(67)30-66(43)49(71)46(52(3,4)5)62-44(68)31-65-25-23-64(24-26-65)22-10-11-35-12-14-38(15-13-35)47(69)63-50-53(6,7)51(54(50,8)9)72-41-21-20-39(29-59)42(28-41)55(56,57)58/h12-21,28,32-33,40,43,46,50-51,67H,10-11,22-27,30-31H2,1-9H3,(H,61,70)(H,62,68)(H,63,69)/t33?,40-,43+,46-,50?,51?/m1/s1. The summed E-state index contributed by atoms with van der Waals surface area (Å²) < 4.78 is 47.0. The van der Waals surface area contributed by atoms with E-state index in [1.807, 2.05) is 104 Å². The number of likely N-dealkylation sites (tertiary alicyclic amines) is 1. The highest BCUT2D eigenvalue weighted by atomic mass is 32.1. The van der Waals surface area contributed by atoms with Crippen molar-refractivity contribution in [2.75, 3.05) is 45.8 Å². The number of carbonyl (C=O) groups excluding carboxylic acids is 4. The Labute approximate surface area is 430 Å². The number of aromatic nitrogens is 1. The first-order valence-electron chi connectivity index (χ1n) is 25.0. The lowest BCUT2D eigenvalue weighted by molar-refractivity contribution is -0.164. The molecule has 4 N–H and O–H groups in total. The highest BCUT2D eigenvalue weighted by Crippen LogP contribution is 2.56. The Hall–Kier alpha value is -5.87. The third kappa shape index (κ3) is 12.6. The second-order valence-electron chi connectivity index (χ2n) is 22.2. The number of hydrogen-bond acceptors (Lipinski definition) is 11. The number of benzene rings is 3. The predicted molar refractivity (Wildman–Crippen MR) is 273 cm³/mol. The number of hydrogen-bond donors (Lipinski definition) is 4. The first-order valence-corrected chi connectivity index (χ1v) is 25.9. The lowest BCUT2D eigenvalue weighted by Gasteiger charge is -2.63. The summed E-state index contributed by atoms with van der Waals surface area (Å²) in [5.41, 5.74) is 2.84. The zero-order chi connectivity index (χ0) is 53.2. The molecule has 0 spiro atoms. The van der Waals surface area contributed by atoms with E-state index in [-0.39, 0.29) is 55.1 Å². The number of carbonyl (C=O) groups is 4. The number of piperazine rings is 1. The van der Waals surface area contributed by atoms with E-state index < -0.39 is 63.7 Å². The number of rotatable bonds is 16. The van der Waals surface area contributed by atoms with Gasteiger partial charge in [-0.3, -0.25) is 24.1 Å². The summed E-state index contributed by atoms with van der Waals surface area (Å²) in [4.78, 5) is 66.3. The highest BCUT2D eigenvalue weighted by Gasteiger charge is 2.64. The molecule has 1 saturated carbocycles. The van der Waals surface area contributed by atoms with Crippen molar-refractivity contribution in [3.8, 4) is 22.3 Å². The van der Waals surface area contributed by atoms with Crippen molar-refractivity contribution >= 4 is 35.0 Å². The molecule has 1 unspecified atom stereocenters. The second-order valence-corrected chi connectivity index (χ2v) is 23.0. The summed E-state index contributed by atoms with van der Waals surface area (Å²) >= 11 is 1.57. The van der Waals surface area contributed by atoms with E-state index in [9.17, 15) is 42.7 Å². The number of aliphatic hydroxyl groups excluding tert-OH is 1. The molecule has 7 rings (SSSR count). The number of ether oxygens (including phenoxy) is 1. The largest absolute Gasteiger partial charge is 0.489 e. The maximum absolute atomic E-state index is 14.2.